The van der Waals surface area contributed by atoms with Gasteiger partial charge in [0.25, 0.3) is 0 Å². The van der Waals surface area contributed by atoms with Crippen molar-refractivity contribution in [2.75, 3.05) is 13.1 Å². The van der Waals surface area contributed by atoms with Gasteiger partial charge in [0, 0.05) is 24.2 Å². The minimum absolute atomic E-state index is 0. The van der Waals surface area contributed by atoms with Crippen LogP contribution in [0.25, 0.3) is 0 Å². The Kier molecular flexibility index (Phi) is 20.8. The fourth-order valence-corrected chi connectivity index (χ4v) is 3.92. The summed E-state index contributed by atoms with van der Waals surface area (Å²) in [6.45, 7) is -0.729. The van der Waals surface area contributed by atoms with Crippen molar-refractivity contribution in [2.24, 2.45) is 0 Å². The van der Waals surface area contributed by atoms with Gasteiger partial charge in [0.15, 0.2) is 0 Å². The van der Waals surface area contributed by atoms with E-state index in [0.29, 0.717) is 12.1 Å². The molecule has 4 N–H and O–H groups in total. The van der Waals surface area contributed by atoms with Crippen molar-refractivity contribution in [3.05, 3.63) is 47.5 Å². The second kappa shape index (κ2) is 18.3. The molecule has 20 heteroatoms. The smallest absolute Gasteiger partial charge is 0.744 e. The summed E-state index contributed by atoms with van der Waals surface area (Å²) in [4.78, 5) is 21.4. The first kappa shape index (κ1) is 43.2. The van der Waals surface area contributed by atoms with Gasteiger partial charge in [0.2, 0.25) is 0 Å². The van der Waals surface area contributed by atoms with Gasteiger partial charge < -0.3 is 49.8 Å². The summed E-state index contributed by atoms with van der Waals surface area (Å²) >= 11 is 0. The average Bonchev–Trinajstić information content (AvgIpc) is 2.70. The van der Waals surface area contributed by atoms with Crippen LogP contribution in [0.4, 0.5) is 0 Å². The van der Waals surface area contributed by atoms with E-state index in [2.05, 4.69) is 10.6 Å². The molecule has 0 aromatic heterocycles. The molecular formula is C18H16N2Na4O12S2. The number of hydrogen-bond acceptors (Lipinski definition) is 14. The van der Waals surface area contributed by atoms with Gasteiger partial charge in [0.05, 0.1) is 33.8 Å². The van der Waals surface area contributed by atoms with Gasteiger partial charge in [0.1, 0.15) is 31.7 Å². The quantitative estimate of drug-likeness (QED) is 0.105. The van der Waals surface area contributed by atoms with Gasteiger partial charge in [-0.2, -0.15) is 0 Å². The number of rotatable bonds is 11. The van der Waals surface area contributed by atoms with Gasteiger partial charge in [-0.15, -0.1) is 0 Å². The summed E-state index contributed by atoms with van der Waals surface area (Å²) < 4.78 is 67.0. The van der Waals surface area contributed by atoms with E-state index in [-0.39, 0.29) is 131 Å². The van der Waals surface area contributed by atoms with Crippen molar-refractivity contribution >= 4 is 32.2 Å². The van der Waals surface area contributed by atoms with Crippen LogP contribution in [0.2, 0.25) is 0 Å². The Bertz CT molecular complexity index is 1230. The number of phenolic OH excluding ortho intramolecular Hbond substituents is 2. The first-order valence-corrected chi connectivity index (χ1v) is 11.9. The van der Waals surface area contributed by atoms with Gasteiger partial charge in [-0.05, 0) is 36.4 Å². The number of hydrogen-bond donors (Lipinski definition) is 4. The molecule has 186 valence electrons. The maximum Gasteiger partial charge on any atom is 1.00 e. The van der Waals surface area contributed by atoms with Gasteiger partial charge >= 0.3 is 118 Å². The van der Waals surface area contributed by atoms with E-state index in [1.807, 2.05) is 0 Å². The standard InChI is InChI=1S/C18H20N2O12S2.4Na/c21-13-3-1-9(33(27,28)29)7-11(13)15(17(23)24)19-5-6-20-16(18(25)26)12-8-10(34(30,31)32)2-4-14(12)22;;;;/h1-4,7-8,15-16,19-22H,5-6H2,(H,23,24)(H,25,26)(H,27,28,29)(H,30,31,32);;;;/q;4*+1/p-4. The predicted molar refractivity (Wildman–Crippen MR) is 104 cm³/mol. The van der Waals surface area contributed by atoms with E-state index < -0.39 is 76.7 Å². The molecule has 0 aliphatic rings. The first-order chi connectivity index (χ1) is 15.6. The van der Waals surface area contributed by atoms with Crippen LogP contribution in [0.5, 0.6) is 11.5 Å². The molecule has 14 nitrogen and oxygen atoms in total. The molecule has 0 aliphatic carbocycles. The summed E-state index contributed by atoms with van der Waals surface area (Å²) in [7, 11) is -9.94. The number of carboxylic acids is 2. The van der Waals surface area contributed by atoms with Gasteiger partial charge in [-0.25, -0.2) is 16.8 Å². The van der Waals surface area contributed by atoms with E-state index in [9.17, 15) is 56.0 Å². The molecule has 2 rings (SSSR count). The molecule has 0 saturated heterocycles. The van der Waals surface area contributed by atoms with Crippen molar-refractivity contribution in [2.45, 2.75) is 21.9 Å². The van der Waals surface area contributed by atoms with Crippen molar-refractivity contribution in [1.82, 2.24) is 10.6 Å². The minimum atomic E-state index is -4.97. The fraction of sp³-hybridized carbons (Fsp3) is 0.222. The van der Waals surface area contributed by atoms with E-state index in [0.717, 1.165) is 24.3 Å². The van der Waals surface area contributed by atoms with Crippen LogP contribution in [0.3, 0.4) is 0 Å². The predicted octanol–water partition coefficient (Wildman–Crippen LogP) is -15.6. The molecule has 38 heavy (non-hydrogen) atoms. The molecule has 2 aromatic rings. The second-order valence-corrected chi connectivity index (χ2v) is 9.52. The Hall–Kier alpha value is 0.720. The molecule has 0 heterocycles. The maximum absolute atomic E-state index is 11.5. The number of carbonyl (C=O) groups is 2. The van der Waals surface area contributed by atoms with Crippen LogP contribution < -0.4 is 139 Å². The van der Waals surface area contributed by atoms with Gasteiger partial charge in [-0.1, -0.05) is 0 Å². The maximum atomic E-state index is 11.5. The van der Waals surface area contributed by atoms with Crippen molar-refractivity contribution in [3.63, 3.8) is 0 Å². The normalized spacial score (nSPS) is 12.4. The Labute approximate surface area is 306 Å². The monoisotopic (exact) mass is 608 g/mol. The molecule has 0 aliphatic heterocycles. The molecule has 0 bridgehead atoms. The van der Waals surface area contributed by atoms with Crippen LogP contribution >= 0.6 is 0 Å². The fourth-order valence-electron chi connectivity index (χ4n) is 2.91. The Morgan fingerprint density at radius 2 is 0.974 bits per heavy atom. The number of carbonyl (C=O) groups excluding carboxylic acids is 2. The molecule has 2 aromatic carbocycles. The van der Waals surface area contributed by atoms with E-state index >= 15 is 0 Å². The van der Waals surface area contributed by atoms with Crippen molar-refractivity contribution in [3.8, 4) is 11.5 Å². The average molecular weight is 608 g/mol. The van der Waals surface area contributed by atoms with Crippen LogP contribution in [0, 0.1) is 0 Å². The zero-order valence-electron chi connectivity index (χ0n) is 20.8. The third-order valence-corrected chi connectivity index (χ3v) is 6.15. The Balaban J connectivity index is -0.00000306. The third-order valence-electron chi connectivity index (χ3n) is 4.49. The van der Waals surface area contributed by atoms with Crippen molar-refractivity contribution in [1.29, 1.82) is 0 Å². The van der Waals surface area contributed by atoms with Crippen LogP contribution in [-0.4, -0.2) is 61.2 Å². The number of aliphatic carboxylic acids is 2. The summed E-state index contributed by atoms with van der Waals surface area (Å²) in [6, 6.07) is 0.735. The molecule has 0 fully saturated rings. The molecular weight excluding hydrogens is 592 g/mol. The largest absolute Gasteiger partial charge is 1.00 e. The minimum Gasteiger partial charge on any atom is -0.744 e. The van der Waals surface area contributed by atoms with E-state index in [1.54, 1.807) is 0 Å². The zero-order chi connectivity index (χ0) is 25.8. The Morgan fingerprint density at radius 3 is 1.21 bits per heavy atom. The topological polar surface area (TPSA) is 259 Å². The molecule has 2 atom stereocenters. The van der Waals surface area contributed by atoms with Crippen LogP contribution in [0.1, 0.15) is 23.2 Å². The Morgan fingerprint density at radius 1 is 0.684 bits per heavy atom. The number of carboxylic acid groups (broad SMARTS) is 2. The molecule has 2 unspecified atom stereocenters. The van der Waals surface area contributed by atoms with Crippen molar-refractivity contribution < 1.29 is 174 Å². The number of nitrogens with one attached hydrogen (secondary N) is 2. The first-order valence-electron chi connectivity index (χ1n) is 9.09. The molecule has 0 saturated carbocycles. The van der Waals surface area contributed by atoms with Crippen LogP contribution in [0.15, 0.2) is 46.2 Å². The van der Waals surface area contributed by atoms with E-state index in [4.69, 9.17) is 0 Å². The summed E-state index contributed by atoms with van der Waals surface area (Å²) in [5, 5.41) is 47.4. The van der Waals surface area contributed by atoms with E-state index in [1.165, 1.54) is 0 Å². The molecule has 0 radical (unpaired) electrons. The number of benzene rings is 2. The van der Waals surface area contributed by atoms with Gasteiger partial charge in [-0.3, -0.25) is 0 Å². The molecule has 0 spiro atoms. The number of phenols is 2. The summed E-state index contributed by atoms with van der Waals surface area (Å²) in [6.07, 6.45) is 0. The SMILES string of the molecule is O=C([O-])C(NCCNC(C(=O)[O-])c1cc(S(=O)(=O)[O-])ccc1O)c1cc(S(=O)(=O)[O-])ccc1O.[Na+].[Na+].[Na+].[Na+]. The third kappa shape index (κ3) is 12.3. The summed E-state index contributed by atoms with van der Waals surface area (Å²) in [5.41, 5.74) is -1.03. The molecule has 0 amide bonds. The number of aromatic hydroxyl groups is 2. The zero-order valence-corrected chi connectivity index (χ0v) is 30.5. The second-order valence-electron chi connectivity index (χ2n) is 6.76. The van der Waals surface area contributed by atoms with Crippen LogP contribution in [-0.2, 0) is 29.8 Å². The summed E-state index contributed by atoms with van der Waals surface area (Å²) in [5.74, 6) is -4.98.